The zero-order chi connectivity index (χ0) is 20.6. The SMILES string of the molecule is CC1=CC(=O)CCC1(C)C1CCC2(C)C(CC[C@H]2OC(=O)NCc2ccco2)C1. The Hall–Kier alpha value is -2.04. The van der Waals surface area contributed by atoms with Crippen LogP contribution in [0.15, 0.2) is 34.5 Å². The molecule has 0 radical (unpaired) electrons. The molecule has 5 atom stereocenters. The highest BCUT2D eigenvalue weighted by atomic mass is 16.6. The van der Waals surface area contributed by atoms with Crippen molar-refractivity contribution in [2.75, 3.05) is 0 Å². The molecular weight excluding hydrogens is 366 g/mol. The minimum Gasteiger partial charge on any atom is -0.467 e. The molecule has 3 aliphatic rings. The molecule has 29 heavy (non-hydrogen) atoms. The fourth-order valence-corrected chi connectivity index (χ4v) is 6.07. The lowest BCUT2D eigenvalue weighted by Crippen LogP contribution is -2.45. The summed E-state index contributed by atoms with van der Waals surface area (Å²) in [6.45, 7) is 7.14. The number of nitrogens with one attached hydrogen (secondary N) is 1. The molecule has 1 N–H and O–H groups in total. The Morgan fingerprint density at radius 1 is 1.24 bits per heavy atom. The number of allylic oxidation sites excluding steroid dienone is 2. The van der Waals surface area contributed by atoms with E-state index < -0.39 is 0 Å². The van der Waals surface area contributed by atoms with Gasteiger partial charge in [0.05, 0.1) is 12.8 Å². The van der Waals surface area contributed by atoms with Gasteiger partial charge in [-0.1, -0.05) is 19.4 Å². The molecule has 0 spiro atoms. The van der Waals surface area contributed by atoms with Crippen LogP contribution in [0.5, 0.6) is 0 Å². The molecule has 3 aliphatic carbocycles. The summed E-state index contributed by atoms with van der Waals surface area (Å²) in [6, 6.07) is 3.65. The molecule has 0 saturated heterocycles. The first-order valence-corrected chi connectivity index (χ1v) is 11.0. The molecule has 158 valence electrons. The number of ketones is 1. The van der Waals surface area contributed by atoms with E-state index in [9.17, 15) is 9.59 Å². The van der Waals surface area contributed by atoms with E-state index in [1.165, 1.54) is 12.0 Å². The van der Waals surface area contributed by atoms with Crippen molar-refractivity contribution in [2.24, 2.45) is 22.7 Å². The van der Waals surface area contributed by atoms with Gasteiger partial charge in [0.2, 0.25) is 0 Å². The second-order valence-electron chi connectivity index (χ2n) is 9.79. The van der Waals surface area contributed by atoms with Gasteiger partial charge in [-0.2, -0.15) is 0 Å². The summed E-state index contributed by atoms with van der Waals surface area (Å²) in [5.74, 6) is 2.18. The summed E-state index contributed by atoms with van der Waals surface area (Å²) in [5.41, 5.74) is 1.44. The van der Waals surface area contributed by atoms with Crippen LogP contribution in [-0.4, -0.2) is 18.0 Å². The molecular formula is C24H33NO4. The molecule has 0 aliphatic heterocycles. The second-order valence-corrected chi connectivity index (χ2v) is 9.79. The van der Waals surface area contributed by atoms with Crippen molar-refractivity contribution < 1.29 is 18.7 Å². The number of hydrogen-bond acceptors (Lipinski definition) is 4. The minimum absolute atomic E-state index is 0.0255. The van der Waals surface area contributed by atoms with E-state index in [-0.39, 0.29) is 28.8 Å². The van der Waals surface area contributed by atoms with Gasteiger partial charge in [0.1, 0.15) is 11.9 Å². The molecule has 1 heterocycles. The smallest absolute Gasteiger partial charge is 0.407 e. The summed E-state index contributed by atoms with van der Waals surface area (Å²) in [7, 11) is 0. The first-order valence-electron chi connectivity index (χ1n) is 11.0. The summed E-state index contributed by atoms with van der Waals surface area (Å²) < 4.78 is 11.1. The van der Waals surface area contributed by atoms with Crippen LogP contribution in [0.2, 0.25) is 0 Å². The molecule has 2 saturated carbocycles. The third-order valence-electron chi connectivity index (χ3n) is 8.35. The van der Waals surface area contributed by atoms with Crippen molar-refractivity contribution in [2.45, 2.75) is 78.4 Å². The van der Waals surface area contributed by atoms with Gasteiger partial charge in [-0.05, 0) is 80.9 Å². The Morgan fingerprint density at radius 2 is 2.07 bits per heavy atom. The highest BCUT2D eigenvalue weighted by Gasteiger charge is 2.54. The van der Waals surface area contributed by atoms with E-state index in [4.69, 9.17) is 9.15 Å². The Balaban J connectivity index is 1.37. The van der Waals surface area contributed by atoms with E-state index in [2.05, 4.69) is 26.1 Å². The summed E-state index contributed by atoms with van der Waals surface area (Å²) in [5, 5.41) is 2.81. The topological polar surface area (TPSA) is 68.5 Å². The highest BCUT2D eigenvalue weighted by molar-refractivity contribution is 5.91. The van der Waals surface area contributed by atoms with Gasteiger partial charge < -0.3 is 14.5 Å². The van der Waals surface area contributed by atoms with Crippen LogP contribution in [0.25, 0.3) is 0 Å². The Morgan fingerprint density at radius 3 is 2.79 bits per heavy atom. The molecule has 5 nitrogen and oxygen atoms in total. The van der Waals surface area contributed by atoms with Crippen molar-refractivity contribution in [3.63, 3.8) is 0 Å². The second kappa shape index (κ2) is 7.66. The lowest BCUT2D eigenvalue weighted by molar-refractivity contribution is -0.116. The van der Waals surface area contributed by atoms with Gasteiger partial charge in [-0.25, -0.2) is 4.79 Å². The van der Waals surface area contributed by atoms with Crippen molar-refractivity contribution in [3.8, 4) is 0 Å². The van der Waals surface area contributed by atoms with Gasteiger partial charge in [-0.3, -0.25) is 4.79 Å². The summed E-state index contributed by atoms with van der Waals surface area (Å²) in [6.07, 6.45) is 10.2. The Labute approximate surface area is 173 Å². The molecule has 1 amide bonds. The average Bonchev–Trinajstić information content (AvgIpc) is 3.31. The van der Waals surface area contributed by atoms with Gasteiger partial charge in [0, 0.05) is 11.8 Å². The maximum atomic E-state index is 12.3. The number of alkyl carbamates (subject to hydrolysis) is 1. The predicted molar refractivity (Wildman–Crippen MR) is 110 cm³/mol. The quantitative estimate of drug-likeness (QED) is 0.735. The highest BCUT2D eigenvalue weighted by Crippen LogP contribution is 2.59. The lowest BCUT2D eigenvalue weighted by atomic mass is 9.56. The number of ether oxygens (including phenoxy) is 1. The van der Waals surface area contributed by atoms with Crippen LogP contribution in [0.4, 0.5) is 4.79 Å². The van der Waals surface area contributed by atoms with Crippen LogP contribution in [0.3, 0.4) is 0 Å². The number of amides is 1. The van der Waals surface area contributed by atoms with Crippen molar-refractivity contribution >= 4 is 11.9 Å². The van der Waals surface area contributed by atoms with E-state index in [1.54, 1.807) is 6.26 Å². The molecule has 0 aromatic carbocycles. The third-order valence-corrected chi connectivity index (χ3v) is 8.35. The molecule has 5 heteroatoms. The number of fused-ring (bicyclic) bond motifs is 1. The number of carbonyl (C=O) groups is 2. The fraction of sp³-hybridized carbons (Fsp3) is 0.667. The van der Waals surface area contributed by atoms with Crippen LogP contribution in [-0.2, 0) is 16.1 Å². The van der Waals surface area contributed by atoms with Crippen LogP contribution >= 0.6 is 0 Å². The zero-order valence-electron chi connectivity index (χ0n) is 17.8. The monoisotopic (exact) mass is 399 g/mol. The maximum absolute atomic E-state index is 12.3. The van der Waals surface area contributed by atoms with Crippen LogP contribution in [0, 0.1) is 22.7 Å². The van der Waals surface area contributed by atoms with Gasteiger partial charge in [0.25, 0.3) is 0 Å². The number of furan rings is 1. The predicted octanol–water partition coefficient (Wildman–Crippen LogP) is 5.41. The number of hydrogen-bond donors (Lipinski definition) is 1. The Kier molecular flexibility index (Phi) is 5.34. The molecule has 4 unspecified atom stereocenters. The van der Waals surface area contributed by atoms with E-state index >= 15 is 0 Å². The largest absolute Gasteiger partial charge is 0.467 e. The van der Waals surface area contributed by atoms with Gasteiger partial charge >= 0.3 is 6.09 Å². The summed E-state index contributed by atoms with van der Waals surface area (Å²) >= 11 is 0. The van der Waals surface area contributed by atoms with Crippen LogP contribution in [0.1, 0.15) is 71.5 Å². The Bertz CT molecular complexity index is 798. The third kappa shape index (κ3) is 3.76. The number of carbonyl (C=O) groups excluding carboxylic acids is 2. The standard InChI is InChI=1S/C24H33NO4/c1-16-13-19(26)9-11-23(16,2)18-8-10-24(3)17(14-18)6-7-21(24)29-22(27)25-15-20-5-4-12-28-20/h4-5,12-13,17-18,21H,6-11,14-15H2,1-3H3,(H,25,27)/t17?,18?,21-,23?,24?/m1/s1. The van der Waals surface area contributed by atoms with Crippen LogP contribution < -0.4 is 5.32 Å². The van der Waals surface area contributed by atoms with E-state index in [1.807, 2.05) is 18.2 Å². The fourth-order valence-electron chi connectivity index (χ4n) is 6.07. The average molecular weight is 400 g/mol. The lowest BCUT2D eigenvalue weighted by Gasteiger charge is -2.49. The normalized spacial score (nSPS) is 37.0. The molecule has 4 rings (SSSR count). The van der Waals surface area contributed by atoms with E-state index in [0.717, 1.165) is 37.9 Å². The minimum atomic E-state index is -0.355. The summed E-state index contributed by atoms with van der Waals surface area (Å²) in [4.78, 5) is 24.1. The first-order chi connectivity index (χ1) is 13.8. The van der Waals surface area contributed by atoms with Crippen molar-refractivity contribution in [1.29, 1.82) is 0 Å². The molecule has 0 bridgehead atoms. The maximum Gasteiger partial charge on any atom is 0.407 e. The van der Waals surface area contributed by atoms with Crippen molar-refractivity contribution in [1.82, 2.24) is 5.32 Å². The first kappa shape index (κ1) is 20.2. The van der Waals surface area contributed by atoms with E-state index in [0.29, 0.717) is 24.8 Å². The molecule has 2 fully saturated rings. The van der Waals surface area contributed by atoms with Crippen molar-refractivity contribution in [3.05, 3.63) is 35.8 Å². The zero-order valence-corrected chi connectivity index (χ0v) is 17.8. The number of rotatable bonds is 4. The van der Waals surface area contributed by atoms with Gasteiger partial charge in [-0.15, -0.1) is 0 Å². The molecule has 1 aromatic heterocycles. The molecule has 1 aromatic rings. The van der Waals surface area contributed by atoms with Gasteiger partial charge in [0.15, 0.2) is 5.78 Å².